The molecular formula is C17H21BN2O4. The van der Waals surface area contributed by atoms with Crippen molar-refractivity contribution in [3.8, 4) is 0 Å². The zero-order valence-corrected chi connectivity index (χ0v) is 14.3. The summed E-state index contributed by atoms with van der Waals surface area (Å²) in [5.41, 5.74) is 1.21. The smallest absolute Gasteiger partial charge is 0.478 e. The van der Waals surface area contributed by atoms with Crippen LogP contribution in [-0.4, -0.2) is 39.2 Å². The molecule has 2 heterocycles. The van der Waals surface area contributed by atoms with E-state index in [1.54, 1.807) is 29.1 Å². The van der Waals surface area contributed by atoms with E-state index in [0.717, 1.165) is 11.0 Å². The molecule has 0 unspecified atom stereocenters. The SMILES string of the molecule is CC1(C)OB(c2cnn(Cc3cccc(C(=O)O)c3)c2)OC1(C)C. The van der Waals surface area contributed by atoms with Crippen LogP contribution in [0.3, 0.4) is 0 Å². The van der Waals surface area contributed by atoms with Gasteiger partial charge in [0.2, 0.25) is 0 Å². The van der Waals surface area contributed by atoms with Crippen molar-refractivity contribution in [3.05, 3.63) is 47.8 Å². The number of rotatable bonds is 4. The molecule has 0 aliphatic carbocycles. The maximum absolute atomic E-state index is 11.0. The number of hydrogen-bond acceptors (Lipinski definition) is 4. The number of carboxylic acids is 1. The average molecular weight is 328 g/mol. The molecule has 0 amide bonds. The lowest BCUT2D eigenvalue weighted by molar-refractivity contribution is 0.00578. The summed E-state index contributed by atoms with van der Waals surface area (Å²) in [5, 5.41) is 13.4. The van der Waals surface area contributed by atoms with Gasteiger partial charge < -0.3 is 14.4 Å². The topological polar surface area (TPSA) is 73.6 Å². The van der Waals surface area contributed by atoms with Crippen LogP contribution in [0.25, 0.3) is 0 Å². The molecule has 24 heavy (non-hydrogen) atoms. The standard InChI is InChI=1S/C17H21BN2O4/c1-16(2)17(3,4)24-18(23-16)14-9-19-20(11-14)10-12-6-5-7-13(8-12)15(21)22/h5-9,11H,10H2,1-4H3,(H,21,22). The number of carbonyl (C=O) groups is 1. The summed E-state index contributed by atoms with van der Waals surface area (Å²) >= 11 is 0. The molecule has 1 aromatic heterocycles. The number of nitrogens with zero attached hydrogens (tertiary/aromatic N) is 2. The van der Waals surface area contributed by atoms with Crippen LogP contribution in [0.1, 0.15) is 43.6 Å². The minimum Gasteiger partial charge on any atom is -0.478 e. The number of aromatic nitrogens is 2. The Morgan fingerprint density at radius 1 is 1.25 bits per heavy atom. The predicted octanol–water partition coefficient (Wildman–Crippen LogP) is 1.93. The van der Waals surface area contributed by atoms with E-state index in [9.17, 15) is 4.79 Å². The van der Waals surface area contributed by atoms with E-state index in [1.165, 1.54) is 0 Å². The monoisotopic (exact) mass is 328 g/mol. The maximum atomic E-state index is 11.0. The largest absolute Gasteiger partial charge is 0.498 e. The number of benzene rings is 1. The Hall–Kier alpha value is -2.12. The van der Waals surface area contributed by atoms with Gasteiger partial charge in [0.15, 0.2) is 0 Å². The quantitative estimate of drug-likeness (QED) is 0.868. The van der Waals surface area contributed by atoms with Gasteiger partial charge >= 0.3 is 13.1 Å². The van der Waals surface area contributed by atoms with Gasteiger partial charge in [0, 0.05) is 17.9 Å². The van der Waals surface area contributed by atoms with Crippen molar-refractivity contribution in [2.75, 3.05) is 0 Å². The number of carboxylic acid groups (broad SMARTS) is 1. The van der Waals surface area contributed by atoms with E-state index < -0.39 is 24.3 Å². The molecule has 1 fully saturated rings. The van der Waals surface area contributed by atoms with Crippen LogP contribution in [-0.2, 0) is 15.9 Å². The van der Waals surface area contributed by atoms with Gasteiger partial charge in [-0.3, -0.25) is 4.68 Å². The summed E-state index contributed by atoms with van der Waals surface area (Å²) in [7, 11) is -0.450. The van der Waals surface area contributed by atoms with Gasteiger partial charge in [-0.1, -0.05) is 12.1 Å². The zero-order valence-electron chi connectivity index (χ0n) is 14.3. The molecule has 0 saturated carbocycles. The minimum atomic E-state index is -0.935. The molecule has 1 aliphatic rings. The molecule has 7 heteroatoms. The van der Waals surface area contributed by atoms with Gasteiger partial charge in [0.05, 0.1) is 23.3 Å². The predicted molar refractivity (Wildman–Crippen MR) is 90.4 cm³/mol. The van der Waals surface area contributed by atoms with E-state index in [2.05, 4.69) is 5.10 Å². The van der Waals surface area contributed by atoms with Crippen molar-refractivity contribution in [1.82, 2.24) is 9.78 Å². The van der Waals surface area contributed by atoms with E-state index in [1.807, 2.05) is 40.0 Å². The van der Waals surface area contributed by atoms with Crippen molar-refractivity contribution >= 4 is 18.6 Å². The highest BCUT2D eigenvalue weighted by molar-refractivity contribution is 6.61. The molecule has 1 N–H and O–H groups in total. The zero-order chi connectivity index (χ0) is 17.5. The number of hydrogen-bond donors (Lipinski definition) is 1. The summed E-state index contributed by atoms with van der Waals surface area (Å²) in [6.45, 7) is 8.52. The van der Waals surface area contributed by atoms with Gasteiger partial charge in [-0.25, -0.2) is 4.79 Å². The minimum absolute atomic E-state index is 0.269. The average Bonchev–Trinajstić information content (AvgIpc) is 3.02. The Bertz CT molecular complexity index is 753. The Morgan fingerprint density at radius 2 is 1.92 bits per heavy atom. The first-order valence-electron chi connectivity index (χ1n) is 7.88. The van der Waals surface area contributed by atoms with Crippen molar-refractivity contribution in [2.24, 2.45) is 0 Å². The van der Waals surface area contributed by atoms with E-state index >= 15 is 0 Å². The summed E-state index contributed by atoms with van der Waals surface area (Å²) in [5.74, 6) is -0.935. The molecule has 1 aliphatic heterocycles. The number of aromatic carboxylic acids is 1. The van der Waals surface area contributed by atoms with Crippen molar-refractivity contribution in [1.29, 1.82) is 0 Å². The lowest BCUT2D eigenvalue weighted by atomic mass is 9.82. The molecule has 0 spiro atoms. The Balaban J connectivity index is 1.75. The molecule has 1 saturated heterocycles. The van der Waals surface area contributed by atoms with Crippen LogP contribution >= 0.6 is 0 Å². The Labute approximate surface area is 141 Å². The van der Waals surface area contributed by atoms with Gasteiger partial charge in [-0.05, 0) is 45.4 Å². The second-order valence-corrected chi connectivity index (χ2v) is 7.07. The Kier molecular flexibility index (Phi) is 4.01. The molecule has 1 aromatic carbocycles. The maximum Gasteiger partial charge on any atom is 0.498 e. The van der Waals surface area contributed by atoms with Crippen molar-refractivity contribution in [2.45, 2.75) is 45.4 Å². The van der Waals surface area contributed by atoms with Crippen molar-refractivity contribution in [3.63, 3.8) is 0 Å². The molecular weight excluding hydrogens is 307 g/mol. The van der Waals surface area contributed by atoms with E-state index in [4.69, 9.17) is 14.4 Å². The first kappa shape index (κ1) is 16.7. The highest BCUT2D eigenvalue weighted by atomic mass is 16.7. The summed E-state index contributed by atoms with van der Waals surface area (Å²) in [4.78, 5) is 11.0. The highest BCUT2D eigenvalue weighted by Crippen LogP contribution is 2.36. The highest BCUT2D eigenvalue weighted by Gasteiger charge is 2.52. The second-order valence-electron chi connectivity index (χ2n) is 7.07. The Morgan fingerprint density at radius 3 is 2.54 bits per heavy atom. The molecule has 0 bridgehead atoms. The molecule has 6 nitrogen and oxygen atoms in total. The third kappa shape index (κ3) is 3.09. The van der Waals surface area contributed by atoms with Gasteiger partial charge in [-0.15, -0.1) is 0 Å². The third-order valence-corrected chi connectivity index (χ3v) is 4.70. The molecule has 2 aromatic rings. The van der Waals surface area contributed by atoms with Crippen LogP contribution in [0.4, 0.5) is 0 Å². The van der Waals surface area contributed by atoms with Crippen LogP contribution in [0.2, 0.25) is 0 Å². The molecule has 126 valence electrons. The van der Waals surface area contributed by atoms with Gasteiger partial charge in [-0.2, -0.15) is 5.10 Å². The van der Waals surface area contributed by atoms with E-state index in [-0.39, 0.29) is 5.56 Å². The summed E-state index contributed by atoms with van der Waals surface area (Å²) < 4.78 is 13.8. The van der Waals surface area contributed by atoms with Crippen LogP contribution in [0, 0.1) is 0 Å². The fourth-order valence-corrected chi connectivity index (χ4v) is 2.56. The summed E-state index contributed by atoms with van der Waals surface area (Å²) in [6, 6.07) is 6.84. The summed E-state index contributed by atoms with van der Waals surface area (Å²) in [6.07, 6.45) is 3.60. The third-order valence-electron chi connectivity index (χ3n) is 4.70. The lowest BCUT2D eigenvalue weighted by Crippen LogP contribution is -2.41. The molecule has 0 radical (unpaired) electrons. The van der Waals surface area contributed by atoms with Gasteiger partial charge in [0.1, 0.15) is 0 Å². The second kappa shape index (κ2) is 5.75. The lowest BCUT2D eigenvalue weighted by Gasteiger charge is -2.32. The fourth-order valence-electron chi connectivity index (χ4n) is 2.56. The van der Waals surface area contributed by atoms with Gasteiger partial charge in [0.25, 0.3) is 0 Å². The first-order valence-corrected chi connectivity index (χ1v) is 7.88. The normalized spacial score (nSPS) is 18.8. The molecule has 3 rings (SSSR count). The van der Waals surface area contributed by atoms with Crippen molar-refractivity contribution < 1.29 is 19.2 Å². The van der Waals surface area contributed by atoms with Crippen LogP contribution < -0.4 is 5.46 Å². The molecule has 0 atom stereocenters. The van der Waals surface area contributed by atoms with Crippen LogP contribution in [0.15, 0.2) is 36.7 Å². The van der Waals surface area contributed by atoms with Crippen LogP contribution in [0.5, 0.6) is 0 Å². The van der Waals surface area contributed by atoms with E-state index in [0.29, 0.717) is 6.54 Å². The fraction of sp³-hybridized carbons (Fsp3) is 0.412. The first-order chi connectivity index (χ1) is 11.2.